The second-order valence-corrected chi connectivity index (χ2v) is 12.0. The van der Waals surface area contributed by atoms with Crippen LogP contribution in [0.3, 0.4) is 0 Å². The monoisotopic (exact) mass is 605 g/mol. The molecule has 40 heavy (non-hydrogen) atoms. The second kappa shape index (κ2) is 11.7. The Kier molecular flexibility index (Phi) is 8.48. The van der Waals surface area contributed by atoms with Crippen LogP contribution in [0.15, 0.2) is 71.6 Å². The molecule has 0 bridgehead atoms. The van der Waals surface area contributed by atoms with Gasteiger partial charge in [-0.3, -0.25) is 4.79 Å². The zero-order valence-corrected chi connectivity index (χ0v) is 23.0. The number of halogens is 4. The Morgan fingerprint density at radius 3 is 2.48 bits per heavy atom. The number of thiazole rings is 1. The first-order valence-electron chi connectivity index (χ1n) is 11.6. The van der Waals surface area contributed by atoms with E-state index in [0.717, 1.165) is 29.5 Å². The summed E-state index contributed by atoms with van der Waals surface area (Å²) < 4.78 is 69.0. The maximum absolute atomic E-state index is 13.1. The molecule has 0 saturated heterocycles. The van der Waals surface area contributed by atoms with Gasteiger partial charge in [0.25, 0.3) is 0 Å². The van der Waals surface area contributed by atoms with Gasteiger partial charge in [-0.15, -0.1) is 0 Å². The number of rotatable bonds is 8. The van der Waals surface area contributed by atoms with E-state index in [2.05, 4.69) is 10.3 Å². The van der Waals surface area contributed by atoms with Crippen molar-refractivity contribution in [3.63, 3.8) is 0 Å². The predicted octanol–water partition coefficient (Wildman–Crippen LogP) is 7.12. The highest BCUT2D eigenvalue weighted by Gasteiger charge is 2.31. The molecule has 206 valence electrons. The largest absolute Gasteiger partial charge is 0.443 e. The number of sulfone groups is 1. The number of carbonyl (C=O) groups excluding carboxylic acids is 1. The number of ether oxygens (including phenoxy) is 1. The van der Waals surface area contributed by atoms with Crippen LogP contribution in [0, 0.1) is 11.3 Å². The second-order valence-electron chi connectivity index (χ2n) is 8.37. The lowest BCUT2D eigenvalue weighted by Crippen LogP contribution is -2.14. The number of anilines is 1. The molecule has 0 aliphatic heterocycles. The Hall–Kier alpha value is -3.92. The smallest absolute Gasteiger partial charge is 0.416 e. The maximum Gasteiger partial charge on any atom is 0.416 e. The molecular weight excluding hydrogens is 587 g/mol. The Bertz CT molecular complexity index is 1710. The molecule has 0 aliphatic rings. The summed E-state index contributed by atoms with van der Waals surface area (Å²) in [6.45, 7) is 1.54. The molecular formula is C27H19ClF3N3O4S2. The van der Waals surface area contributed by atoms with Crippen molar-refractivity contribution in [2.45, 2.75) is 24.4 Å². The van der Waals surface area contributed by atoms with E-state index < -0.39 is 27.5 Å². The van der Waals surface area contributed by atoms with Crippen LogP contribution in [-0.4, -0.2) is 25.1 Å². The lowest BCUT2D eigenvalue weighted by molar-refractivity contribution is -0.137. The third-order valence-electron chi connectivity index (χ3n) is 5.60. The number of hydrogen-bond donors (Lipinski definition) is 1. The summed E-state index contributed by atoms with van der Waals surface area (Å²) in [6.07, 6.45) is -4.66. The van der Waals surface area contributed by atoms with Crippen LogP contribution in [0.2, 0.25) is 5.02 Å². The van der Waals surface area contributed by atoms with Gasteiger partial charge in [0.1, 0.15) is 11.4 Å². The zero-order chi connectivity index (χ0) is 29.1. The summed E-state index contributed by atoms with van der Waals surface area (Å²) >= 11 is 6.99. The van der Waals surface area contributed by atoms with Gasteiger partial charge in [-0.05, 0) is 48.0 Å². The number of aromatic nitrogens is 1. The molecule has 0 aliphatic carbocycles. The van der Waals surface area contributed by atoms with E-state index in [1.165, 1.54) is 12.1 Å². The number of nitrogens with zero attached hydrogens (tertiary/aromatic N) is 2. The van der Waals surface area contributed by atoms with Crippen LogP contribution in [0.5, 0.6) is 10.8 Å². The summed E-state index contributed by atoms with van der Waals surface area (Å²) in [6, 6.07) is 17.1. The van der Waals surface area contributed by atoms with E-state index in [0.29, 0.717) is 16.7 Å². The summed E-state index contributed by atoms with van der Waals surface area (Å²) in [4.78, 5) is 17.3. The normalized spacial score (nSPS) is 11.6. The molecule has 1 heterocycles. The van der Waals surface area contributed by atoms with Gasteiger partial charge in [0.05, 0.1) is 39.3 Å². The minimum absolute atomic E-state index is 0.0431. The minimum atomic E-state index is -4.59. The SMILES string of the molecule is CCS(=O)(=O)c1ccc(CC(=O)Nc2nc(-c3cccc(C#N)c3)c(Oc3ccc(C(F)(F)F)cc3Cl)s2)cc1. The molecule has 0 spiro atoms. The molecule has 1 aromatic heterocycles. The number of hydrogen-bond acceptors (Lipinski definition) is 7. The van der Waals surface area contributed by atoms with Crippen LogP contribution in [-0.2, 0) is 27.2 Å². The molecule has 0 atom stereocenters. The summed E-state index contributed by atoms with van der Waals surface area (Å²) in [5.74, 6) is -0.550. The standard InChI is InChI=1S/C27H19ClF3N3O4S2/c1-2-40(36,37)20-9-6-16(7-10-20)13-23(35)33-26-34-24(18-5-3-4-17(12-18)15-32)25(39-26)38-22-11-8-19(14-21(22)28)27(29,30)31/h3-12,14H,2,13H2,1H3,(H,33,34,35). The number of carbonyl (C=O) groups is 1. The van der Waals surface area contributed by atoms with Crippen molar-refractivity contribution in [1.29, 1.82) is 5.26 Å². The van der Waals surface area contributed by atoms with E-state index >= 15 is 0 Å². The van der Waals surface area contributed by atoms with Gasteiger partial charge in [0, 0.05) is 5.56 Å². The Morgan fingerprint density at radius 2 is 1.85 bits per heavy atom. The average molecular weight is 606 g/mol. The molecule has 0 fully saturated rings. The lowest BCUT2D eigenvalue weighted by Gasteiger charge is -2.11. The molecule has 0 saturated carbocycles. The van der Waals surface area contributed by atoms with Crippen LogP contribution in [0.1, 0.15) is 23.6 Å². The molecule has 1 amide bonds. The zero-order valence-electron chi connectivity index (χ0n) is 20.6. The van der Waals surface area contributed by atoms with E-state index in [1.54, 1.807) is 43.3 Å². The van der Waals surface area contributed by atoms with E-state index in [-0.39, 0.29) is 43.7 Å². The van der Waals surface area contributed by atoms with Crippen molar-refractivity contribution >= 4 is 43.8 Å². The molecule has 0 radical (unpaired) electrons. The first-order valence-corrected chi connectivity index (χ1v) is 14.4. The molecule has 0 unspecified atom stereocenters. The first-order chi connectivity index (χ1) is 18.9. The molecule has 7 nitrogen and oxygen atoms in total. The van der Waals surface area contributed by atoms with Crippen molar-refractivity contribution in [3.8, 4) is 28.1 Å². The van der Waals surface area contributed by atoms with E-state index in [4.69, 9.17) is 16.3 Å². The van der Waals surface area contributed by atoms with Gasteiger partial charge >= 0.3 is 6.18 Å². The minimum Gasteiger partial charge on any atom is -0.443 e. The van der Waals surface area contributed by atoms with Crippen molar-refractivity contribution in [2.75, 3.05) is 11.1 Å². The number of nitriles is 1. The summed E-state index contributed by atoms with van der Waals surface area (Å²) in [5, 5.41) is 11.9. The third-order valence-corrected chi connectivity index (χ3v) is 8.49. The summed E-state index contributed by atoms with van der Waals surface area (Å²) in [7, 11) is -3.37. The van der Waals surface area contributed by atoms with Crippen LogP contribution < -0.4 is 10.1 Å². The Morgan fingerprint density at radius 1 is 1.12 bits per heavy atom. The molecule has 4 aromatic rings. The third kappa shape index (κ3) is 6.80. The highest BCUT2D eigenvalue weighted by molar-refractivity contribution is 7.91. The van der Waals surface area contributed by atoms with Gasteiger partial charge in [0.2, 0.25) is 11.0 Å². The Labute approximate surface area is 236 Å². The lowest BCUT2D eigenvalue weighted by atomic mass is 10.1. The van der Waals surface area contributed by atoms with Crippen molar-refractivity contribution in [2.24, 2.45) is 0 Å². The molecule has 3 aromatic carbocycles. The first kappa shape index (κ1) is 29.1. The van der Waals surface area contributed by atoms with Gasteiger partial charge in [0.15, 0.2) is 15.0 Å². The molecule has 1 N–H and O–H groups in total. The number of nitrogens with one attached hydrogen (secondary N) is 1. The van der Waals surface area contributed by atoms with Crippen molar-refractivity contribution in [1.82, 2.24) is 4.98 Å². The van der Waals surface area contributed by atoms with Gasteiger partial charge < -0.3 is 10.1 Å². The van der Waals surface area contributed by atoms with Gasteiger partial charge in [-0.2, -0.15) is 18.4 Å². The predicted molar refractivity (Wildman–Crippen MR) is 145 cm³/mol. The van der Waals surface area contributed by atoms with Crippen LogP contribution >= 0.6 is 22.9 Å². The summed E-state index contributed by atoms with van der Waals surface area (Å²) in [5.41, 5.74) is 0.676. The van der Waals surface area contributed by atoms with E-state index in [1.807, 2.05) is 6.07 Å². The highest BCUT2D eigenvalue weighted by atomic mass is 35.5. The molecule has 4 rings (SSSR count). The van der Waals surface area contributed by atoms with Crippen molar-refractivity contribution < 1.29 is 31.1 Å². The maximum atomic E-state index is 13.1. The Balaban J connectivity index is 1.61. The van der Waals surface area contributed by atoms with Gasteiger partial charge in [-0.1, -0.05) is 54.1 Å². The number of amides is 1. The van der Waals surface area contributed by atoms with Crippen LogP contribution in [0.25, 0.3) is 11.3 Å². The highest BCUT2D eigenvalue weighted by Crippen LogP contribution is 2.43. The van der Waals surface area contributed by atoms with Crippen molar-refractivity contribution in [3.05, 3.63) is 88.4 Å². The fourth-order valence-electron chi connectivity index (χ4n) is 3.54. The van der Waals surface area contributed by atoms with Crippen LogP contribution in [0.4, 0.5) is 18.3 Å². The molecule has 13 heteroatoms. The fourth-order valence-corrected chi connectivity index (χ4v) is 5.51. The number of benzene rings is 3. The number of alkyl halides is 3. The average Bonchev–Trinajstić information content (AvgIpc) is 3.31. The van der Waals surface area contributed by atoms with E-state index in [9.17, 15) is 31.6 Å². The van der Waals surface area contributed by atoms with Gasteiger partial charge in [-0.25, -0.2) is 13.4 Å². The topological polar surface area (TPSA) is 109 Å². The quantitative estimate of drug-likeness (QED) is 0.229. The fraction of sp³-hybridized carbons (Fsp3) is 0.148.